The van der Waals surface area contributed by atoms with Crippen LogP contribution < -0.4 is 48.7 Å². The van der Waals surface area contributed by atoms with E-state index in [0.717, 1.165) is 5.56 Å². The summed E-state index contributed by atoms with van der Waals surface area (Å²) < 4.78 is 0. The SMILES string of the molecule is CCNC(=O)[C@@H](Cc1ccccc1)NC(=O)[C@H](Cc1c[nH]cn1)NC(=O)[C@H](CCC(=O)NC[C@H](N)C(=O)NCC(N)=O)NC(=O)CNC(C)=O. The maximum Gasteiger partial charge on any atom is 0.243 e. The Morgan fingerprint density at radius 2 is 1.42 bits per heavy atom. The summed E-state index contributed by atoms with van der Waals surface area (Å²) >= 11 is 0. The maximum absolute atomic E-state index is 13.7. The molecule has 1 aromatic carbocycles. The lowest BCUT2D eigenvalue weighted by atomic mass is 10.0. The number of likely N-dealkylation sites (N-methyl/N-ethyl adjacent to an activating group) is 1. The van der Waals surface area contributed by atoms with Crippen LogP contribution in [0.1, 0.15) is 37.9 Å². The smallest absolute Gasteiger partial charge is 0.243 e. The number of aromatic nitrogens is 2. The molecular weight excluding hydrogens is 654 g/mol. The first kappa shape index (κ1) is 40.3. The highest BCUT2D eigenvalue weighted by Crippen LogP contribution is 2.07. The second-order valence-electron chi connectivity index (χ2n) is 11.1. The molecule has 0 saturated carbocycles. The van der Waals surface area contributed by atoms with E-state index in [0.29, 0.717) is 12.2 Å². The van der Waals surface area contributed by atoms with Gasteiger partial charge in [0.1, 0.15) is 24.2 Å². The van der Waals surface area contributed by atoms with Gasteiger partial charge in [-0.05, 0) is 18.9 Å². The zero-order valence-electron chi connectivity index (χ0n) is 27.9. The standard InChI is InChI=1S/C31H45N11O8/c1-3-35-29(48)23(11-19-7-5-4-6-8-19)41-31(50)24(12-20-13-34-17-39-20)42-30(49)22(40-27(46)16-36-18(2)43)9-10-26(45)37-14-21(32)28(47)38-15-25(33)44/h4-8,13,17,21-24H,3,9-12,14-16,32H2,1-2H3,(H2,33,44)(H,34,39)(H,35,48)(H,36,43)(H,37,45)(H,38,47)(H,40,46)(H,41,50)(H,42,49)/t21-,22-,23+,24-/m0/s1. The summed E-state index contributed by atoms with van der Waals surface area (Å²) in [6.45, 7) is 2.04. The second kappa shape index (κ2) is 21.2. The molecule has 272 valence electrons. The highest BCUT2D eigenvalue weighted by molar-refractivity contribution is 5.95. The molecule has 8 amide bonds. The molecule has 12 N–H and O–H groups in total. The summed E-state index contributed by atoms with van der Waals surface area (Å²) in [6.07, 6.45) is 2.37. The quantitative estimate of drug-likeness (QED) is 0.0598. The average molecular weight is 700 g/mol. The summed E-state index contributed by atoms with van der Waals surface area (Å²) in [5.74, 6) is -5.38. The first-order chi connectivity index (χ1) is 23.8. The number of carbonyl (C=O) groups is 8. The zero-order valence-corrected chi connectivity index (χ0v) is 27.9. The van der Waals surface area contributed by atoms with Crippen molar-refractivity contribution in [3.05, 3.63) is 54.1 Å². The third-order valence-corrected chi connectivity index (χ3v) is 6.97. The van der Waals surface area contributed by atoms with Gasteiger partial charge in [0.25, 0.3) is 0 Å². The molecule has 0 radical (unpaired) electrons. The summed E-state index contributed by atoms with van der Waals surface area (Å²) in [6, 6.07) is 4.17. The second-order valence-corrected chi connectivity index (χ2v) is 11.1. The van der Waals surface area contributed by atoms with Crippen LogP contribution in [0, 0.1) is 0 Å². The van der Waals surface area contributed by atoms with Gasteiger partial charge in [0, 0.05) is 45.5 Å². The van der Waals surface area contributed by atoms with Crippen LogP contribution in [0.15, 0.2) is 42.9 Å². The molecule has 4 atom stereocenters. The van der Waals surface area contributed by atoms with Crippen LogP contribution in [0.5, 0.6) is 0 Å². The van der Waals surface area contributed by atoms with Gasteiger partial charge in [-0.25, -0.2) is 4.98 Å². The number of H-pyrrole nitrogens is 1. The number of hydrogen-bond donors (Lipinski definition) is 10. The number of imidazole rings is 1. The van der Waals surface area contributed by atoms with Crippen LogP contribution in [-0.4, -0.2) is 108 Å². The predicted octanol–water partition coefficient (Wildman–Crippen LogP) is -4.25. The van der Waals surface area contributed by atoms with Gasteiger partial charge in [-0.15, -0.1) is 0 Å². The van der Waals surface area contributed by atoms with E-state index in [1.54, 1.807) is 31.2 Å². The fraction of sp³-hybridized carbons (Fsp3) is 0.452. The topological polar surface area (TPSA) is 301 Å². The molecule has 0 saturated heterocycles. The Labute approximate surface area is 288 Å². The number of nitrogens with one attached hydrogen (secondary N) is 8. The molecule has 0 aliphatic heterocycles. The van der Waals surface area contributed by atoms with Gasteiger partial charge in [0.05, 0.1) is 25.1 Å². The number of carbonyl (C=O) groups excluding carboxylic acids is 8. The van der Waals surface area contributed by atoms with Gasteiger partial charge < -0.3 is 53.7 Å². The molecule has 0 aliphatic rings. The molecule has 0 bridgehead atoms. The normalized spacial score (nSPS) is 12.9. The van der Waals surface area contributed by atoms with Crippen molar-refractivity contribution in [1.29, 1.82) is 0 Å². The van der Waals surface area contributed by atoms with Crippen molar-refractivity contribution in [3.8, 4) is 0 Å². The first-order valence-electron chi connectivity index (χ1n) is 15.8. The summed E-state index contributed by atoms with van der Waals surface area (Å²) in [7, 11) is 0. The number of aromatic amines is 1. The van der Waals surface area contributed by atoms with Crippen LogP contribution in [-0.2, 0) is 51.2 Å². The molecule has 0 spiro atoms. The number of amides is 8. The van der Waals surface area contributed by atoms with Crippen LogP contribution in [0.25, 0.3) is 0 Å². The van der Waals surface area contributed by atoms with Crippen molar-refractivity contribution in [2.24, 2.45) is 11.5 Å². The molecular formula is C31H45N11O8. The third-order valence-electron chi connectivity index (χ3n) is 6.97. The minimum Gasteiger partial charge on any atom is -0.368 e. The Balaban J connectivity index is 2.21. The number of benzene rings is 1. The number of hydrogen-bond acceptors (Lipinski definition) is 10. The van der Waals surface area contributed by atoms with E-state index in [1.807, 2.05) is 6.07 Å². The molecule has 19 heteroatoms. The van der Waals surface area contributed by atoms with Crippen molar-refractivity contribution in [3.63, 3.8) is 0 Å². The van der Waals surface area contributed by atoms with Gasteiger partial charge in [-0.3, -0.25) is 38.4 Å². The van der Waals surface area contributed by atoms with E-state index >= 15 is 0 Å². The highest BCUT2D eigenvalue weighted by Gasteiger charge is 2.31. The Morgan fingerprint density at radius 1 is 0.760 bits per heavy atom. The van der Waals surface area contributed by atoms with E-state index in [-0.39, 0.29) is 32.2 Å². The molecule has 1 heterocycles. The molecule has 0 aliphatic carbocycles. The summed E-state index contributed by atoms with van der Waals surface area (Å²) in [4.78, 5) is 106. The molecule has 2 aromatic rings. The minimum absolute atomic E-state index is 0.0999. The number of primary amides is 1. The Bertz CT molecular complexity index is 1470. The largest absolute Gasteiger partial charge is 0.368 e. The van der Waals surface area contributed by atoms with Crippen LogP contribution in [0.2, 0.25) is 0 Å². The first-order valence-corrected chi connectivity index (χ1v) is 15.8. The van der Waals surface area contributed by atoms with E-state index < -0.39 is 84.5 Å². The number of nitrogens with two attached hydrogens (primary N) is 2. The fourth-order valence-electron chi connectivity index (χ4n) is 4.43. The minimum atomic E-state index is -1.37. The molecule has 0 fully saturated rings. The van der Waals surface area contributed by atoms with Gasteiger partial charge >= 0.3 is 0 Å². The molecule has 50 heavy (non-hydrogen) atoms. The fourth-order valence-corrected chi connectivity index (χ4v) is 4.43. The Morgan fingerprint density at radius 3 is 2.02 bits per heavy atom. The highest BCUT2D eigenvalue weighted by atomic mass is 16.2. The number of rotatable bonds is 21. The monoisotopic (exact) mass is 699 g/mol. The van der Waals surface area contributed by atoms with Crippen molar-refractivity contribution in [2.75, 3.05) is 26.2 Å². The number of nitrogens with zero attached hydrogens (tertiary/aromatic N) is 1. The van der Waals surface area contributed by atoms with Gasteiger partial charge in [0.15, 0.2) is 0 Å². The lowest BCUT2D eigenvalue weighted by molar-refractivity contribution is -0.134. The molecule has 1 aromatic heterocycles. The summed E-state index contributed by atoms with van der Waals surface area (Å²) in [5.41, 5.74) is 11.9. The predicted molar refractivity (Wildman–Crippen MR) is 178 cm³/mol. The van der Waals surface area contributed by atoms with Crippen molar-refractivity contribution >= 4 is 47.3 Å². The molecule has 19 nitrogen and oxygen atoms in total. The lowest BCUT2D eigenvalue weighted by Crippen LogP contribution is -2.58. The Hall–Kier alpha value is -5.85. The van der Waals surface area contributed by atoms with Gasteiger partial charge in [0.2, 0.25) is 47.3 Å². The van der Waals surface area contributed by atoms with Crippen LogP contribution >= 0.6 is 0 Å². The molecule has 2 rings (SSSR count). The van der Waals surface area contributed by atoms with Crippen LogP contribution in [0.4, 0.5) is 0 Å². The van der Waals surface area contributed by atoms with Crippen LogP contribution in [0.3, 0.4) is 0 Å². The Kier molecular flexibility index (Phi) is 17.1. The van der Waals surface area contributed by atoms with E-state index in [1.165, 1.54) is 19.4 Å². The average Bonchev–Trinajstić information content (AvgIpc) is 3.60. The van der Waals surface area contributed by atoms with Crippen molar-refractivity contribution < 1.29 is 38.4 Å². The van der Waals surface area contributed by atoms with E-state index in [2.05, 4.69) is 47.2 Å². The molecule has 0 unspecified atom stereocenters. The maximum atomic E-state index is 13.7. The summed E-state index contributed by atoms with van der Waals surface area (Å²) in [5, 5.41) is 17.4. The van der Waals surface area contributed by atoms with Gasteiger partial charge in [-0.2, -0.15) is 0 Å². The van der Waals surface area contributed by atoms with E-state index in [4.69, 9.17) is 11.5 Å². The van der Waals surface area contributed by atoms with Gasteiger partial charge in [-0.1, -0.05) is 30.3 Å². The van der Waals surface area contributed by atoms with Crippen molar-refractivity contribution in [1.82, 2.24) is 47.2 Å². The third kappa shape index (κ3) is 15.4. The van der Waals surface area contributed by atoms with Crippen molar-refractivity contribution in [2.45, 2.75) is 63.7 Å². The zero-order chi connectivity index (χ0) is 37.1. The van der Waals surface area contributed by atoms with E-state index in [9.17, 15) is 38.4 Å². The lowest BCUT2D eigenvalue weighted by Gasteiger charge is -2.25.